The van der Waals surface area contributed by atoms with E-state index < -0.39 is 39.3 Å². The smallest absolute Gasteiger partial charge is 0.355 e. The van der Waals surface area contributed by atoms with E-state index in [4.69, 9.17) is 11.6 Å². The van der Waals surface area contributed by atoms with Gasteiger partial charge < -0.3 is 4.90 Å². The Morgan fingerprint density at radius 1 is 1.14 bits per heavy atom. The third-order valence-electron chi connectivity index (χ3n) is 9.26. The average Bonchev–Trinajstić information content (AvgIpc) is 3.56. The number of fused-ring (bicyclic) bond motifs is 2. The van der Waals surface area contributed by atoms with Gasteiger partial charge in [-0.05, 0) is 44.0 Å². The van der Waals surface area contributed by atoms with Crippen molar-refractivity contribution in [2.45, 2.75) is 51.4 Å². The first-order valence-corrected chi connectivity index (χ1v) is 20.1. The molecule has 6 rings (SSSR count). The number of aromatic nitrogens is 4. The number of aryl methyl sites for hydroxylation is 1. The predicted molar refractivity (Wildman–Crippen MR) is 206 cm³/mol. The quantitative estimate of drug-likeness (QED) is 0.135. The molecule has 5 heterocycles. The number of hydrogen-bond donors (Lipinski definition) is 1. The van der Waals surface area contributed by atoms with Gasteiger partial charge in [-0.25, -0.2) is 31.9 Å². The number of amides is 1. The van der Waals surface area contributed by atoms with E-state index in [1.807, 2.05) is 0 Å². The number of carbonyl (C=O) groups excluding carboxylic acids is 1. The summed E-state index contributed by atoms with van der Waals surface area (Å²) in [6.45, 7) is 2.89. The third-order valence-corrected chi connectivity index (χ3v) is 11.7. The largest absolute Gasteiger partial charge is 0.404 e. The van der Waals surface area contributed by atoms with Crippen molar-refractivity contribution < 1.29 is 35.2 Å². The molecule has 1 saturated heterocycles. The second kappa shape index (κ2) is 16.0. The minimum Gasteiger partial charge on any atom is -0.355 e. The number of alkyl halides is 5. The molecular weight excluding hydrogens is 815 g/mol. The minimum atomic E-state index is -5.06. The van der Waals surface area contributed by atoms with Crippen LogP contribution in [0.3, 0.4) is 0 Å². The van der Waals surface area contributed by atoms with Gasteiger partial charge in [0, 0.05) is 66.4 Å². The molecule has 0 spiro atoms. The Morgan fingerprint density at radius 2 is 1.86 bits per heavy atom. The number of sulfonamides is 1. The number of nitrogens with zero attached hydrogens (tertiary/aromatic N) is 7. The molecule has 0 bridgehead atoms. The SMILES string of the molecule is Cc1nc2cnc(N(C)C3CCN(CC(C)(F)F)CC3)c(C#N)c2c(=O)n1CC#Cc1ccc(Cl)cc1-c1ccnc2c(C(=O)NS(=O)(=O)CC(F)(F)F)csc12. The number of hydrogen-bond acceptors (Lipinski definition) is 11. The fraction of sp³-hybridized carbons (Fsp3) is 0.351. The Labute approximate surface area is 332 Å². The van der Waals surface area contributed by atoms with Crippen LogP contribution < -0.4 is 15.2 Å². The van der Waals surface area contributed by atoms with E-state index in [0.29, 0.717) is 58.2 Å². The number of thiophene rings is 1. The molecule has 0 saturated carbocycles. The number of nitriles is 1. The lowest BCUT2D eigenvalue weighted by Crippen LogP contribution is -2.46. The highest BCUT2D eigenvalue weighted by Gasteiger charge is 2.36. The fourth-order valence-corrected chi connectivity index (χ4v) is 8.82. The molecule has 1 amide bonds. The lowest BCUT2D eigenvalue weighted by molar-refractivity contribution is -0.106. The molecule has 298 valence electrons. The monoisotopic (exact) mass is 846 g/mol. The number of pyridine rings is 2. The molecule has 20 heteroatoms. The molecule has 0 aliphatic carbocycles. The second-order valence-corrected chi connectivity index (χ2v) is 16.6. The van der Waals surface area contributed by atoms with Crippen molar-refractivity contribution >= 4 is 65.8 Å². The molecule has 0 atom stereocenters. The summed E-state index contributed by atoms with van der Waals surface area (Å²) in [7, 11) is -3.28. The number of rotatable bonds is 9. The van der Waals surface area contributed by atoms with Crippen LogP contribution in [0.1, 0.15) is 47.1 Å². The maximum atomic E-state index is 14.0. The zero-order valence-electron chi connectivity index (χ0n) is 30.4. The first-order valence-electron chi connectivity index (χ1n) is 17.1. The first kappa shape index (κ1) is 41.4. The molecule has 1 fully saturated rings. The summed E-state index contributed by atoms with van der Waals surface area (Å²) in [4.78, 5) is 43.5. The van der Waals surface area contributed by atoms with Crippen LogP contribution in [0.25, 0.3) is 32.2 Å². The summed E-state index contributed by atoms with van der Waals surface area (Å²) < 4.78 is 92.6. The maximum absolute atomic E-state index is 14.0. The fourth-order valence-electron chi connectivity index (χ4n) is 6.72. The molecule has 1 aliphatic rings. The van der Waals surface area contributed by atoms with Crippen LogP contribution in [-0.4, -0.2) is 89.3 Å². The summed E-state index contributed by atoms with van der Waals surface area (Å²) in [6.07, 6.45) is -1.18. The number of likely N-dealkylation sites (tertiary alicyclic amines) is 1. The minimum absolute atomic E-state index is 0.0281. The molecule has 1 aliphatic heterocycles. The molecule has 12 nitrogen and oxygen atoms in total. The number of nitrogens with one attached hydrogen (secondary N) is 1. The third kappa shape index (κ3) is 9.34. The number of benzene rings is 1. The van der Waals surface area contributed by atoms with Crippen molar-refractivity contribution in [3.63, 3.8) is 0 Å². The zero-order valence-corrected chi connectivity index (χ0v) is 32.8. The molecule has 1 N–H and O–H groups in total. The van der Waals surface area contributed by atoms with E-state index in [9.17, 15) is 45.2 Å². The Bertz CT molecular complexity index is 2670. The molecule has 57 heavy (non-hydrogen) atoms. The van der Waals surface area contributed by atoms with Crippen molar-refractivity contribution in [2.24, 2.45) is 0 Å². The van der Waals surface area contributed by atoms with Crippen LogP contribution in [0, 0.1) is 30.1 Å². The van der Waals surface area contributed by atoms with Gasteiger partial charge in [-0.15, -0.1) is 11.3 Å². The maximum Gasteiger partial charge on any atom is 0.404 e. The highest BCUT2D eigenvalue weighted by atomic mass is 35.5. The lowest BCUT2D eigenvalue weighted by atomic mass is 10.00. The second-order valence-electron chi connectivity index (χ2n) is 13.6. The molecule has 0 unspecified atom stereocenters. The Balaban J connectivity index is 1.30. The van der Waals surface area contributed by atoms with Gasteiger partial charge in [0.2, 0.25) is 10.0 Å². The predicted octanol–water partition coefficient (Wildman–Crippen LogP) is 6.13. The van der Waals surface area contributed by atoms with Crippen molar-refractivity contribution in [2.75, 3.05) is 37.3 Å². The van der Waals surface area contributed by atoms with Gasteiger partial charge in [0.05, 0.1) is 46.0 Å². The van der Waals surface area contributed by atoms with Crippen LogP contribution in [0.5, 0.6) is 0 Å². The zero-order chi connectivity index (χ0) is 41.4. The Kier molecular flexibility index (Phi) is 11.6. The number of piperidine rings is 1. The van der Waals surface area contributed by atoms with Crippen molar-refractivity contribution in [3.05, 3.63) is 79.9 Å². The van der Waals surface area contributed by atoms with E-state index in [1.165, 1.54) is 27.1 Å². The molecule has 1 aromatic carbocycles. The van der Waals surface area contributed by atoms with Crippen LogP contribution in [-0.2, 0) is 16.6 Å². The Morgan fingerprint density at radius 3 is 2.53 bits per heavy atom. The highest BCUT2D eigenvalue weighted by molar-refractivity contribution is 7.90. The topological polar surface area (TPSA) is 154 Å². The van der Waals surface area contributed by atoms with Gasteiger partial charge in [-0.3, -0.25) is 24.0 Å². The van der Waals surface area contributed by atoms with Gasteiger partial charge in [0.25, 0.3) is 17.4 Å². The molecule has 0 radical (unpaired) electrons. The molecular formula is C37H32ClF5N8O4S2. The van der Waals surface area contributed by atoms with Gasteiger partial charge in [0.1, 0.15) is 23.3 Å². The van der Waals surface area contributed by atoms with E-state index >= 15 is 0 Å². The van der Waals surface area contributed by atoms with Crippen LogP contribution >= 0.6 is 22.9 Å². The summed E-state index contributed by atoms with van der Waals surface area (Å²) in [5, 5.41) is 11.9. The summed E-state index contributed by atoms with van der Waals surface area (Å²) in [6, 6.07) is 8.46. The average molecular weight is 847 g/mol. The van der Waals surface area contributed by atoms with Gasteiger partial charge in [0.15, 0.2) is 5.75 Å². The molecule has 4 aromatic heterocycles. The summed E-state index contributed by atoms with van der Waals surface area (Å²) >= 11 is 7.38. The van der Waals surface area contributed by atoms with E-state index in [1.54, 1.807) is 48.0 Å². The van der Waals surface area contributed by atoms with Crippen molar-refractivity contribution in [1.29, 1.82) is 5.26 Å². The standard InChI is InChI=1S/C37H32ClF5N8O4S2/c1-21-47-29-17-46-33(49(3)24-9-13-50(14-10-24)19-36(2,39)40)27(16-44)30(29)35(53)51(21)12-4-5-22-6-7-23(38)15-26(22)25-8-11-45-31-28(18-56-32(25)31)34(52)48-57(54,55)20-37(41,42)43/h6-8,11,15,17-18,24H,9-10,12-14,19-20H2,1-3H3,(H,48,52). The van der Waals surface area contributed by atoms with E-state index in [0.717, 1.165) is 18.3 Å². The van der Waals surface area contributed by atoms with E-state index in [-0.39, 0.29) is 52.5 Å². The van der Waals surface area contributed by atoms with Gasteiger partial charge in [-0.1, -0.05) is 23.4 Å². The van der Waals surface area contributed by atoms with Crippen LogP contribution in [0.15, 0.2) is 46.8 Å². The normalized spacial score (nSPS) is 14.3. The van der Waals surface area contributed by atoms with Crippen molar-refractivity contribution in [3.8, 4) is 29.0 Å². The highest BCUT2D eigenvalue weighted by Crippen LogP contribution is 2.37. The van der Waals surface area contributed by atoms with Crippen LogP contribution in [0.4, 0.5) is 27.8 Å². The Hall–Kier alpha value is -5.21. The first-order chi connectivity index (χ1) is 26.7. The molecule has 5 aromatic rings. The summed E-state index contributed by atoms with van der Waals surface area (Å²) in [5.74, 6) is 0.285. The number of carbonyl (C=O) groups is 1. The lowest BCUT2D eigenvalue weighted by Gasteiger charge is -2.38. The number of anilines is 1. The van der Waals surface area contributed by atoms with E-state index in [2.05, 4.69) is 32.9 Å². The summed E-state index contributed by atoms with van der Waals surface area (Å²) in [5.41, 5.74) is 0.946. The van der Waals surface area contributed by atoms with Gasteiger partial charge in [-0.2, -0.15) is 18.4 Å². The van der Waals surface area contributed by atoms with Gasteiger partial charge >= 0.3 is 6.18 Å². The van der Waals surface area contributed by atoms with Crippen LogP contribution in [0.2, 0.25) is 5.02 Å². The number of halogens is 6. The van der Waals surface area contributed by atoms with Crippen molar-refractivity contribution in [1.82, 2.24) is 29.1 Å².